The molecule has 0 saturated carbocycles. The van der Waals surface area contributed by atoms with Crippen LogP contribution in [0.25, 0.3) is 10.7 Å². The highest BCUT2D eigenvalue weighted by Crippen LogP contribution is 2.32. The second-order valence-corrected chi connectivity index (χ2v) is 8.01. The Morgan fingerprint density at radius 3 is 3.03 bits per heavy atom. The number of amides is 1. The first kappa shape index (κ1) is 19.6. The van der Waals surface area contributed by atoms with E-state index in [1.807, 2.05) is 19.0 Å². The number of piperidine rings is 1. The van der Waals surface area contributed by atoms with Gasteiger partial charge in [0.25, 0.3) is 5.91 Å². The molecule has 152 valence electrons. The third-order valence-corrected chi connectivity index (χ3v) is 5.52. The van der Waals surface area contributed by atoms with Gasteiger partial charge in [-0.3, -0.25) is 9.78 Å². The minimum absolute atomic E-state index is 0.150. The lowest BCUT2D eigenvalue weighted by Crippen LogP contribution is -2.38. The minimum Gasteiger partial charge on any atom is -0.422 e. The maximum Gasteiger partial charge on any atom is 0.274 e. The maximum absolute atomic E-state index is 14.0. The second-order valence-electron chi connectivity index (χ2n) is 7.15. The topological polar surface area (TPSA) is 88.3 Å². The Hall–Kier alpha value is -2.72. The van der Waals surface area contributed by atoms with Gasteiger partial charge in [0.15, 0.2) is 5.82 Å². The molecule has 0 radical (unpaired) electrons. The van der Waals surface area contributed by atoms with Gasteiger partial charge >= 0.3 is 0 Å². The maximum atomic E-state index is 14.0. The monoisotopic (exact) mass is 416 g/mol. The number of likely N-dealkylation sites (tertiary alicyclic amines) is 1. The Labute approximate surface area is 171 Å². The van der Waals surface area contributed by atoms with Crippen LogP contribution >= 0.6 is 11.3 Å². The van der Waals surface area contributed by atoms with Crippen molar-refractivity contribution in [2.45, 2.75) is 31.8 Å². The van der Waals surface area contributed by atoms with Gasteiger partial charge < -0.3 is 14.2 Å². The summed E-state index contributed by atoms with van der Waals surface area (Å²) < 4.78 is 19.8. The number of pyridine rings is 1. The van der Waals surface area contributed by atoms with Crippen molar-refractivity contribution in [2.75, 3.05) is 20.6 Å². The van der Waals surface area contributed by atoms with Crippen LogP contribution in [0.2, 0.25) is 0 Å². The van der Waals surface area contributed by atoms with E-state index in [-0.39, 0.29) is 23.3 Å². The van der Waals surface area contributed by atoms with Crippen LogP contribution in [0.5, 0.6) is 0 Å². The van der Waals surface area contributed by atoms with Gasteiger partial charge in [0.05, 0.1) is 6.54 Å². The van der Waals surface area contributed by atoms with Crippen LogP contribution in [0.1, 0.15) is 47.6 Å². The zero-order chi connectivity index (χ0) is 20.4. The molecule has 0 bridgehead atoms. The Morgan fingerprint density at radius 2 is 2.24 bits per heavy atom. The molecule has 1 atom stereocenters. The molecule has 1 aliphatic heterocycles. The van der Waals surface area contributed by atoms with Gasteiger partial charge in [-0.05, 0) is 45.5 Å². The Balaban J connectivity index is 1.57. The Kier molecular flexibility index (Phi) is 5.63. The number of hydrogen-bond acceptors (Lipinski definition) is 8. The van der Waals surface area contributed by atoms with Gasteiger partial charge in [0.1, 0.15) is 22.4 Å². The Bertz CT molecular complexity index is 1000. The van der Waals surface area contributed by atoms with E-state index < -0.39 is 5.82 Å². The lowest BCUT2D eigenvalue weighted by atomic mass is 10.0. The lowest BCUT2D eigenvalue weighted by Gasteiger charge is -2.33. The summed E-state index contributed by atoms with van der Waals surface area (Å²) in [6.45, 7) is 1.12. The van der Waals surface area contributed by atoms with Crippen molar-refractivity contribution in [3.63, 3.8) is 0 Å². The van der Waals surface area contributed by atoms with Crippen LogP contribution in [-0.4, -0.2) is 56.5 Å². The first-order chi connectivity index (χ1) is 14.0. The van der Waals surface area contributed by atoms with Crippen LogP contribution in [-0.2, 0) is 6.54 Å². The van der Waals surface area contributed by atoms with Crippen LogP contribution in [0, 0.1) is 5.82 Å². The van der Waals surface area contributed by atoms with E-state index in [0.717, 1.165) is 19.3 Å². The highest BCUT2D eigenvalue weighted by atomic mass is 32.1. The zero-order valence-electron chi connectivity index (χ0n) is 16.2. The van der Waals surface area contributed by atoms with Gasteiger partial charge in [-0.1, -0.05) is 0 Å². The number of thiazole rings is 1. The molecule has 1 saturated heterocycles. The first-order valence-corrected chi connectivity index (χ1v) is 10.3. The summed E-state index contributed by atoms with van der Waals surface area (Å²) in [5.41, 5.74) is 0.423. The van der Waals surface area contributed by atoms with Crippen molar-refractivity contribution in [3.8, 4) is 10.7 Å². The fourth-order valence-electron chi connectivity index (χ4n) is 3.34. The second kappa shape index (κ2) is 8.34. The van der Waals surface area contributed by atoms with E-state index in [4.69, 9.17) is 4.42 Å². The van der Waals surface area contributed by atoms with Crippen molar-refractivity contribution in [2.24, 2.45) is 0 Å². The molecule has 8 nitrogen and oxygen atoms in total. The van der Waals surface area contributed by atoms with E-state index in [1.165, 1.54) is 29.7 Å². The van der Waals surface area contributed by atoms with Crippen molar-refractivity contribution in [3.05, 3.63) is 47.0 Å². The molecule has 3 aromatic heterocycles. The van der Waals surface area contributed by atoms with Crippen LogP contribution in [0.4, 0.5) is 4.39 Å². The van der Waals surface area contributed by atoms with Gasteiger partial charge in [-0.15, -0.1) is 21.5 Å². The number of hydrogen-bond donors (Lipinski definition) is 0. The molecule has 1 unspecified atom stereocenters. The molecule has 1 aliphatic rings. The van der Waals surface area contributed by atoms with Crippen molar-refractivity contribution >= 4 is 17.2 Å². The summed E-state index contributed by atoms with van der Waals surface area (Å²) in [6, 6.07) is 2.56. The summed E-state index contributed by atoms with van der Waals surface area (Å²) in [5, 5.41) is 10.3. The molecule has 1 amide bonds. The molecule has 0 aliphatic carbocycles. The quantitative estimate of drug-likeness (QED) is 0.631. The summed E-state index contributed by atoms with van der Waals surface area (Å²) in [4.78, 5) is 25.2. The summed E-state index contributed by atoms with van der Waals surface area (Å²) in [5.74, 6) is 0.280. The third kappa shape index (κ3) is 4.18. The smallest absolute Gasteiger partial charge is 0.274 e. The molecule has 0 spiro atoms. The highest BCUT2D eigenvalue weighted by molar-refractivity contribution is 7.13. The molecule has 3 aromatic rings. The zero-order valence-corrected chi connectivity index (χ0v) is 17.0. The highest BCUT2D eigenvalue weighted by Gasteiger charge is 2.33. The fraction of sp³-hybridized carbons (Fsp3) is 0.421. The molecule has 10 heteroatoms. The number of nitrogens with zero attached hydrogens (tertiary/aromatic N) is 6. The predicted molar refractivity (Wildman–Crippen MR) is 105 cm³/mol. The molecular formula is C19H21FN6O2S. The average molecular weight is 416 g/mol. The van der Waals surface area contributed by atoms with Crippen LogP contribution < -0.4 is 0 Å². The number of rotatable bonds is 5. The number of carbonyl (C=O) groups excluding carboxylic acids is 1. The van der Waals surface area contributed by atoms with Gasteiger partial charge in [-0.25, -0.2) is 9.37 Å². The van der Waals surface area contributed by atoms with E-state index >= 15 is 0 Å². The van der Waals surface area contributed by atoms with Gasteiger partial charge in [0, 0.05) is 18.1 Å². The van der Waals surface area contributed by atoms with E-state index in [0.29, 0.717) is 29.9 Å². The molecule has 4 rings (SSSR count). The van der Waals surface area contributed by atoms with Crippen molar-refractivity contribution < 1.29 is 13.6 Å². The molecule has 29 heavy (non-hydrogen) atoms. The summed E-state index contributed by atoms with van der Waals surface area (Å²) >= 11 is 1.20. The predicted octanol–water partition coefficient (Wildman–Crippen LogP) is 3.16. The third-order valence-electron chi connectivity index (χ3n) is 4.67. The number of halogens is 1. The molecule has 4 heterocycles. The summed E-state index contributed by atoms with van der Waals surface area (Å²) in [7, 11) is 3.84. The lowest BCUT2D eigenvalue weighted by molar-refractivity contribution is 0.0563. The van der Waals surface area contributed by atoms with Gasteiger partial charge in [-0.2, -0.15) is 0 Å². The van der Waals surface area contributed by atoms with Crippen molar-refractivity contribution in [1.82, 2.24) is 30.0 Å². The largest absolute Gasteiger partial charge is 0.422 e. The van der Waals surface area contributed by atoms with E-state index in [2.05, 4.69) is 20.2 Å². The number of aromatic nitrogens is 4. The average Bonchev–Trinajstić information content (AvgIpc) is 3.37. The van der Waals surface area contributed by atoms with E-state index in [1.54, 1.807) is 10.3 Å². The van der Waals surface area contributed by atoms with Gasteiger partial charge in [0.2, 0.25) is 11.8 Å². The van der Waals surface area contributed by atoms with Crippen LogP contribution in [0.3, 0.4) is 0 Å². The Morgan fingerprint density at radius 1 is 1.38 bits per heavy atom. The molecule has 1 fully saturated rings. The SMILES string of the molecule is CN(C)Cc1nnc(C2CCCCN2C(=O)c2csc(-c3ncccc3F)n2)o1. The summed E-state index contributed by atoms with van der Waals surface area (Å²) in [6.07, 6.45) is 4.12. The van der Waals surface area contributed by atoms with Crippen LogP contribution in [0.15, 0.2) is 28.1 Å². The standard InChI is InChI=1S/C19H21FN6O2S/c1-25(2)10-15-23-24-17(28-15)14-7-3-4-9-26(14)19(27)13-11-29-18(22-13)16-12(20)6-5-8-21-16/h5-6,8,11,14H,3-4,7,9-10H2,1-2H3. The molecule has 0 aromatic carbocycles. The van der Waals surface area contributed by atoms with Crippen molar-refractivity contribution in [1.29, 1.82) is 0 Å². The fourth-order valence-corrected chi connectivity index (χ4v) is 4.13. The molecular weight excluding hydrogens is 395 g/mol. The van der Waals surface area contributed by atoms with E-state index in [9.17, 15) is 9.18 Å². The number of carbonyl (C=O) groups is 1. The minimum atomic E-state index is -0.462. The normalized spacial score (nSPS) is 17.1. The first-order valence-electron chi connectivity index (χ1n) is 9.37. The molecule has 0 N–H and O–H groups in total.